The van der Waals surface area contributed by atoms with Crippen LogP contribution < -0.4 is 5.32 Å². The predicted octanol–water partition coefficient (Wildman–Crippen LogP) is 2.19. The van der Waals surface area contributed by atoms with E-state index in [1.54, 1.807) is 18.9 Å². The summed E-state index contributed by atoms with van der Waals surface area (Å²) < 4.78 is 39.4. The molecule has 2 aromatic heterocycles. The fourth-order valence-electron chi connectivity index (χ4n) is 3.25. The molecule has 0 aliphatic carbocycles. The number of pyridine rings is 1. The van der Waals surface area contributed by atoms with Crippen molar-refractivity contribution in [3.63, 3.8) is 0 Å². The van der Waals surface area contributed by atoms with Crippen LogP contribution in [0.25, 0.3) is 5.82 Å². The van der Waals surface area contributed by atoms with Crippen molar-refractivity contribution in [1.29, 1.82) is 0 Å². The van der Waals surface area contributed by atoms with E-state index in [1.165, 1.54) is 16.9 Å². The van der Waals surface area contributed by atoms with Crippen molar-refractivity contribution >= 4 is 11.8 Å². The number of nitrogens with one attached hydrogen (secondary N) is 1. The molecule has 3 heterocycles. The van der Waals surface area contributed by atoms with E-state index in [1.807, 2.05) is 0 Å². The maximum Gasteiger partial charge on any atom is 0.417 e. The largest absolute Gasteiger partial charge is 0.417 e. The third-order valence-electron chi connectivity index (χ3n) is 4.93. The van der Waals surface area contributed by atoms with Gasteiger partial charge in [-0.25, -0.2) is 9.67 Å². The Bertz CT molecular complexity index is 868. The fourth-order valence-corrected chi connectivity index (χ4v) is 3.25. The number of alkyl halides is 3. The Morgan fingerprint density at radius 1 is 1.18 bits per heavy atom. The Kier molecular flexibility index (Phi) is 5.39. The average Bonchev–Trinajstić information content (AvgIpc) is 3.07. The quantitative estimate of drug-likeness (QED) is 0.864. The summed E-state index contributed by atoms with van der Waals surface area (Å²) in [6.07, 6.45) is -1.17. The summed E-state index contributed by atoms with van der Waals surface area (Å²) in [6.45, 7) is 2.58. The number of carbonyl (C=O) groups excluding carboxylic acids is 2. The predicted molar refractivity (Wildman–Crippen MR) is 93.8 cm³/mol. The second-order valence-corrected chi connectivity index (χ2v) is 6.64. The first-order valence-corrected chi connectivity index (χ1v) is 8.81. The number of likely N-dealkylation sites (tertiary alicyclic amines) is 1. The second-order valence-electron chi connectivity index (χ2n) is 6.64. The summed E-state index contributed by atoms with van der Waals surface area (Å²) in [5.74, 6) is -0.146. The maximum absolute atomic E-state index is 12.8. The highest BCUT2D eigenvalue weighted by molar-refractivity contribution is 5.95. The van der Waals surface area contributed by atoms with E-state index >= 15 is 0 Å². The molecule has 0 atom stereocenters. The van der Waals surface area contributed by atoms with Crippen LogP contribution in [0.4, 0.5) is 13.2 Å². The van der Waals surface area contributed by atoms with E-state index in [0.717, 1.165) is 12.3 Å². The van der Waals surface area contributed by atoms with Crippen LogP contribution >= 0.6 is 0 Å². The molecule has 28 heavy (non-hydrogen) atoms. The molecule has 1 saturated heterocycles. The SMILES string of the molecule is CNC(=O)C1CCN(C(=O)c2cnn(-c3ccc(C(F)(F)F)cn3)c2C)CC1. The first kappa shape index (κ1) is 19.8. The Morgan fingerprint density at radius 2 is 1.86 bits per heavy atom. The number of carbonyl (C=O) groups is 2. The van der Waals surface area contributed by atoms with E-state index in [0.29, 0.717) is 37.2 Å². The zero-order valence-electron chi connectivity index (χ0n) is 15.5. The molecule has 1 fully saturated rings. The molecule has 2 amide bonds. The zero-order chi connectivity index (χ0) is 20.5. The summed E-state index contributed by atoms with van der Waals surface area (Å²) in [6, 6.07) is 2.14. The third kappa shape index (κ3) is 3.85. The average molecular weight is 395 g/mol. The minimum absolute atomic E-state index is 0.0236. The van der Waals surface area contributed by atoms with Gasteiger partial charge in [0.1, 0.15) is 0 Å². The van der Waals surface area contributed by atoms with Gasteiger partial charge < -0.3 is 10.2 Å². The lowest BCUT2D eigenvalue weighted by molar-refractivity contribution is -0.137. The minimum Gasteiger partial charge on any atom is -0.359 e. The molecule has 150 valence electrons. The molecule has 10 heteroatoms. The number of amides is 2. The van der Waals surface area contributed by atoms with Crippen molar-refractivity contribution in [1.82, 2.24) is 25.0 Å². The van der Waals surface area contributed by atoms with Gasteiger partial charge in [0.25, 0.3) is 5.91 Å². The van der Waals surface area contributed by atoms with Crippen LogP contribution in [-0.2, 0) is 11.0 Å². The molecule has 1 N–H and O–H groups in total. The van der Waals surface area contributed by atoms with E-state index in [9.17, 15) is 22.8 Å². The monoisotopic (exact) mass is 395 g/mol. The number of hydrogen-bond acceptors (Lipinski definition) is 4. The topological polar surface area (TPSA) is 80.1 Å². The molecule has 0 unspecified atom stereocenters. The first-order chi connectivity index (χ1) is 13.2. The lowest BCUT2D eigenvalue weighted by atomic mass is 9.95. The molecule has 0 saturated carbocycles. The Labute approximate surface area is 159 Å². The summed E-state index contributed by atoms with van der Waals surface area (Å²) in [4.78, 5) is 30.0. The van der Waals surface area contributed by atoms with Crippen molar-refractivity contribution < 1.29 is 22.8 Å². The van der Waals surface area contributed by atoms with Gasteiger partial charge in [-0.15, -0.1) is 0 Å². The van der Waals surface area contributed by atoms with Crippen molar-refractivity contribution in [2.24, 2.45) is 5.92 Å². The normalized spacial score (nSPS) is 15.5. The molecular formula is C18H20F3N5O2. The highest BCUT2D eigenvalue weighted by atomic mass is 19.4. The van der Waals surface area contributed by atoms with Gasteiger partial charge in [0.05, 0.1) is 23.0 Å². The molecule has 7 nitrogen and oxygen atoms in total. The van der Waals surface area contributed by atoms with Gasteiger partial charge in [0.15, 0.2) is 5.82 Å². The van der Waals surface area contributed by atoms with Crippen LogP contribution in [0, 0.1) is 12.8 Å². The van der Waals surface area contributed by atoms with Gasteiger partial charge in [-0.3, -0.25) is 9.59 Å². The van der Waals surface area contributed by atoms with E-state index < -0.39 is 11.7 Å². The van der Waals surface area contributed by atoms with Gasteiger partial charge in [0, 0.05) is 32.3 Å². The van der Waals surface area contributed by atoms with E-state index in [4.69, 9.17) is 0 Å². The molecule has 0 bridgehead atoms. The van der Waals surface area contributed by atoms with Gasteiger partial charge in [0.2, 0.25) is 5.91 Å². The smallest absolute Gasteiger partial charge is 0.359 e. The highest BCUT2D eigenvalue weighted by Crippen LogP contribution is 2.29. The van der Waals surface area contributed by atoms with E-state index in [-0.39, 0.29) is 23.6 Å². The summed E-state index contributed by atoms with van der Waals surface area (Å²) in [7, 11) is 1.59. The third-order valence-corrected chi connectivity index (χ3v) is 4.93. The van der Waals surface area contributed by atoms with Crippen molar-refractivity contribution in [2.75, 3.05) is 20.1 Å². The second kappa shape index (κ2) is 7.61. The molecule has 0 aromatic carbocycles. The van der Waals surface area contributed by atoms with Crippen LogP contribution in [0.2, 0.25) is 0 Å². The first-order valence-electron chi connectivity index (χ1n) is 8.81. The van der Waals surface area contributed by atoms with Gasteiger partial charge in [-0.05, 0) is 31.9 Å². The number of nitrogens with zero attached hydrogens (tertiary/aromatic N) is 4. The minimum atomic E-state index is -4.47. The van der Waals surface area contributed by atoms with Crippen LogP contribution in [-0.4, -0.2) is 51.6 Å². The number of rotatable bonds is 3. The van der Waals surface area contributed by atoms with Gasteiger partial charge in [-0.1, -0.05) is 0 Å². The molecular weight excluding hydrogens is 375 g/mol. The number of halogens is 3. The standard InChI is InChI=1S/C18H20F3N5O2/c1-11-14(17(28)25-7-5-12(6-8-25)16(27)22-2)10-24-26(11)15-4-3-13(9-23-15)18(19,20)21/h3-4,9-10,12H,5-8H2,1-2H3,(H,22,27). The summed E-state index contributed by atoms with van der Waals surface area (Å²) >= 11 is 0. The highest BCUT2D eigenvalue weighted by Gasteiger charge is 2.31. The van der Waals surface area contributed by atoms with Crippen LogP contribution in [0.15, 0.2) is 24.5 Å². The summed E-state index contributed by atoms with van der Waals surface area (Å²) in [5, 5.41) is 6.73. The lowest BCUT2D eigenvalue weighted by Gasteiger charge is -2.31. The fraction of sp³-hybridized carbons (Fsp3) is 0.444. The van der Waals surface area contributed by atoms with Gasteiger partial charge >= 0.3 is 6.18 Å². The zero-order valence-corrected chi connectivity index (χ0v) is 15.5. The van der Waals surface area contributed by atoms with Crippen LogP contribution in [0.3, 0.4) is 0 Å². The Balaban J connectivity index is 1.74. The molecule has 1 aliphatic rings. The maximum atomic E-state index is 12.8. The van der Waals surface area contributed by atoms with Crippen molar-refractivity contribution in [2.45, 2.75) is 25.9 Å². The van der Waals surface area contributed by atoms with Crippen LogP contribution in [0.1, 0.15) is 34.5 Å². The molecule has 1 aliphatic heterocycles. The molecule has 2 aromatic rings. The molecule has 0 radical (unpaired) electrons. The molecule has 3 rings (SSSR count). The summed E-state index contributed by atoms with van der Waals surface area (Å²) in [5.41, 5.74) is 0.00196. The number of piperidine rings is 1. The van der Waals surface area contributed by atoms with Crippen molar-refractivity contribution in [3.05, 3.63) is 41.3 Å². The van der Waals surface area contributed by atoms with Crippen molar-refractivity contribution in [3.8, 4) is 5.82 Å². The number of aromatic nitrogens is 3. The molecule has 0 spiro atoms. The van der Waals surface area contributed by atoms with Crippen LogP contribution in [0.5, 0.6) is 0 Å². The Hall–Kier alpha value is -2.91. The van der Waals surface area contributed by atoms with E-state index in [2.05, 4.69) is 15.4 Å². The van der Waals surface area contributed by atoms with Gasteiger partial charge in [-0.2, -0.15) is 18.3 Å². The lowest BCUT2D eigenvalue weighted by Crippen LogP contribution is -2.42. The Morgan fingerprint density at radius 3 is 2.39 bits per heavy atom. The number of hydrogen-bond donors (Lipinski definition) is 1.